The first-order valence-electron chi connectivity index (χ1n) is 7.18. The number of methoxy groups -OCH3 is 1. The maximum atomic E-state index is 12.6. The van der Waals surface area contributed by atoms with E-state index in [2.05, 4.69) is 12.2 Å². The minimum absolute atomic E-state index is 0.00412. The number of nitrogens with one attached hydrogen (secondary N) is 1. The molecule has 0 aromatic rings. The Hall–Kier alpha value is -1.14. The van der Waals surface area contributed by atoms with Gasteiger partial charge in [0, 0.05) is 27.7 Å². The topological polar surface area (TPSA) is 61.9 Å². The largest absolute Gasteiger partial charge is 0.383 e. The highest BCUT2D eigenvalue weighted by molar-refractivity contribution is 5.87. The zero-order valence-electron chi connectivity index (χ0n) is 13.0. The van der Waals surface area contributed by atoms with Gasteiger partial charge in [0.05, 0.1) is 19.2 Å². The number of hydrogen-bond donors (Lipinski definition) is 1. The number of rotatable bonds is 6. The Morgan fingerprint density at radius 2 is 2.05 bits per heavy atom. The van der Waals surface area contributed by atoms with Crippen LogP contribution in [0.3, 0.4) is 0 Å². The lowest BCUT2D eigenvalue weighted by Crippen LogP contribution is -2.54. The second kappa shape index (κ2) is 8.21. The number of nitrogens with zero attached hydrogens (tertiary/aromatic N) is 2. The van der Waals surface area contributed by atoms with Crippen LogP contribution in [0.25, 0.3) is 0 Å². The summed E-state index contributed by atoms with van der Waals surface area (Å²) in [4.78, 5) is 27.6. The molecule has 1 fully saturated rings. The van der Waals surface area contributed by atoms with Gasteiger partial charge in [-0.25, -0.2) is 0 Å². The van der Waals surface area contributed by atoms with Crippen molar-refractivity contribution in [1.82, 2.24) is 15.1 Å². The first-order chi connectivity index (χ1) is 9.47. The smallest absolute Gasteiger partial charge is 0.241 e. The summed E-state index contributed by atoms with van der Waals surface area (Å²) in [6.45, 7) is 3.94. The fourth-order valence-corrected chi connectivity index (χ4v) is 2.35. The molecule has 1 N–H and O–H groups in total. The Morgan fingerprint density at radius 1 is 1.35 bits per heavy atom. The van der Waals surface area contributed by atoms with Crippen molar-refractivity contribution >= 4 is 11.8 Å². The molecule has 0 bridgehead atoms. The van der Waals surface area contributed by atoms with Gasteiger partial charge in [0.1, 0.15) is 0 Å². The second-order valence-electron chi connectivity index (χ2n) is 5.59. The lowest BCUT2D eigenvalue weighted by atomic mass is 9.92. The molecule has 2 unspecified atom stereocenters. The molecular formula is C14H27N3O3. The average Bonchev–Trinajstić information content (AvgIpc) is 2.42. The lowest BCUT2D eigenvalue weighted by molar-refractivity contribution is -0.142. The van der Waals surface area contributed by atoms with Gasteiger partial charge in [-0.3, -0.25) is 9.59 Å². The van der Waals surface area contributed by atoms with Gasteiger partial charge in [0.2, 0.25) is 11.8 Å². The molecule has 0 aromatic carbocycles. The molecule has 1 aliphatic heterocycles. The van der Waals surface area contributed by atoms with Crippen LogP contribution < -0.4 is 5.32 Å². The molecule has 6 heteroatoms. The number of piperidine rings is 1. The fraction of sp³-hybridized carbons (Fsp3) is 0.857. The van der Waals surface area contributed by atoms with E-state index in [0.717, 1.165) is 19.4 Å². The summed E-state index contributed by atoms with van der Waals surface area (Å²) in [7, 11) is 4.99. The zero-order valence-corrected chi connectivity index (χ0v) is 13.0. The van der Waals surface area contributed by atoms with E-state index in [4.69, 9.17) is 4.74 Å². The van der Waals surface area contributed by atoms with Crippen LogP contribution in [0.15, 0.2) is 0 Å². The van der Waals surface area contributed by atoms with Crippen molar-refractivity contribution in [2.75, 3.05) is 47.4 Å². The first kappa shape index (κ1) is 16.9. The quantitative estimate of drug-likeness (QED) is 0.742. The Morgan fingerprint density at radius 3 is 2.60 bits per heavy atom. The summed E-state index contributed by atoms with van der Waals surface area (Å²) in [5, 5.41) is 3.27. The van der Waals surface area contributed by atoms with E-state index in [1.165, 1.54) is 4.90 Å². The molecule has 116 valence electrons. The standard InChI is InChI=1S/C14H27N3O3/c1-11-6-5-7-15-13(11)14(19)17(8-9-20-4)10-12(18)16(2)3/h11,13,15H,5-10H2,1-4H3. The van der Waals surface area contributed by atoms with Crippen molar-refractivity contribution in [3.63, 3.8) is 0 Å². The van der Waals surface area contributed by atoms with Crippen LogP contribution in [0.5, 0.6) is 0 Å². The molecule has 1 saturated heterocycles. The highest BCUT2D eigenvalue weighted by atomic mass is 16.5. The van der Waals surface area contributed by atoms with Crippen LogP contribution in [0.1, 0.15) is 19.8 Å². The second-order valence-corrected chi connectivity index (χ2v) is 5.59. The molecule has 0 radical (unpaired) electrons. The number of hydrogen-bond acceptors (Lipinski definition) is 4. The van der Waals surface area contributed by atoms with Gasteiger partial charge in [-0.15, -0.1) is 0 Å². The summed E-state index contributed by atoms with van der Waals surface area (Å²) in [6.07, 6.45) is 2.14. The highest BCUT2D eigenvalue weighted by Gasteiger charge is 2.31. The molecule has 1 rings (SSSR count). The number of ether oxygens (including phenoxy) is 1. The van der Waals surface area contributed by atoms with Crippen LogP contribution in [0.4, 0.5) is 0 Å². The Labute approximate surface area is 121 Å². The van der Waals surface area contributed by atoms with Gasteiger partial charge < -0.3 is 19.9 Å². The summed E-state index contributed by atoms with van der Waals surface area (Å²) in [5.41, 5.74) is 0. The number of amides is 2. The monoisotopic (exact) mass is 285 g/mol. The van der Waals surface area contributed by atoms with E-state index >= 15 is 0 Å². The van der Waals surface area contributed by atoms with Crippen molar-refractivity contribution in [2.24, 2.45) is 5.92 Å². The predicted molar refractivity (Wildman–Crippen MR) is 77.3 cm³/mol. The lowest BCUT2D eigenvalue weighted by Gasteiger charge is -2.34. The van der Waals surface area contributed by atoms with E-state index in [1.807, 2.05) is 0 Å². The Balaban J connectivity index is 2.69. The molecule has 2 amide bonds. The molecule has 2 atom stereocenters. The maximum Gasteiger partial charge on any atom is 0.241 e. The van der Waals surface area contributed by atoms with Gasteiger partial charge in [0.25, 0.3) is 0 Å². The SMILES string of the molecule is COCCN(CC(=O)N(C)C)C(=O)C1NCCCC1C. The summed E-state index contributed by atoms with van der Waals surface area (Å²) in [6, 6.07) is -0.185. The highest BCUT2D eigenvalue weighted by Crippen LogP contribution is 2.17. The summed E-state index contributed by atoms with van der Waals surface area (Å²) < 4.78 is 5.04. The van der Waals surface area contributed by atoms with Crippen LogP contribution in [-0.4, -0.2) is 75.1 Å². The van der Waals surface area contributed by atoms with E-state index in [9.17, 15) is 9.59 Å². The molecule has 0 aliphatic carbocycles. The molecule has 6 nitrogen and oxygen atoms in total. The van der Waals surface area contributed by atoms with E-state index < -0.39 is 0 Å². The number of carbonyl (C=O) groups is 2. The van der Waals surface area contributed by atoms with Crippen LogP contribution in [-0.2, 0) is 14.3 Å². The predicted octanol–water partition coefficient (Wildman–Crippen LogP) is -0.0623. The van der Waals surface area contributed by atoms with Crippen molar-refractivity contribution in [1.29, 1.82) is 0 Å². The van der Waals surface area contributed by atoms with Gasteiger partial charge in [-0.1, -0.05) is 6.92 Å². The Bertz CT molecular complexity index is 334. The molecule has 0 saturated carbocycles. The minimum atomic E-state index is -0.185. The molecule has 20 heavy (non-hydrogen) atoms. The Kier molecular flexibility index (Phi) is 6.95. The van der Waals surface area contributed by atoms with Crippen molar-refractivity contribution < 1.29 is 14.3 Å². The number of likely N-dealkylation sites (N-methyl/N-ethyl adjacent to an activating group) is 1. The third kappa shape index (κ3) is 4.76. The maximum absolute atomic E-state index is 12.6. The third-order valence-corrected chi connectivity index (χ3v) is 3.74. The first-order valence-corrected chi connectivity index (χ1v) is 7.18. The van der Waals surface area contributed by atoms with Gasteiger partial charge in [-0.2, -0.15) is 0 Å². The van der Waals surface area contributed by atoms with E-state index in [-0.39, 0.29) is 24.4 Å². The zero-order chi connectivity index (χ0) is 15.1. The number of carbonyl (C=O) groups excluding carboxylic acids is 2. The van der Waals surface area contributed by atoms with Gasteiger partial charge in [-0.05, 0) is 25.3 Å². The van der Waals surface area contributed by atoms with Crippen LogP contribution in [0, 0.1) is 5.92 Å². The summed E-state index contributed by atoms with van der Waals surface area (Å²) in [5.74, 6) is 0.234. The molecule has 1 aliphatic rings. The van der Waals surface area contributed by atoms with Crippen LogP contribution in [0.2, 0.25) is 0 Å². The molecule has 1 heterocycles. The third-order valence-electron chi connectivity index (χ3n) is 3.74. The van der Waals surface area contributed by atoms with Crippen molar-refractivity contribution in [2.45, 2.75) is 25.8 Å². The van der Waals surface area contributed by atoms with Crippen LogP contribution >= 0.6 is 0 Å². The van der Waals surface area contributed by atoms with Gasteiger partial charge >= 0.3 is 0 Å². The van der Waals surface area contributed by atoms with Crippen molar-refractivity contribution in [3.8, 4) is 0 Å². The minimum Gasteiger partial charge on any atom is -0.383 e. The van der Waals surface area contributed by atoms with E-state index in [0.29, 0.717) is 19.1 Å². The van der Waals surface area contributed by atoms with Gasteiger partial charge in [0.15, 0.2) is 0 Å². The molecule has 0 spiro atoms. The van der Waals surface area contributed by atoms with E-state index in [1.54, 1.807) is 26.1 Å². The normalized spacial score (nSPS) is 22.4. The van der Waals surface area contributed by atoms with Crippen molar-refractivity contribution in [3.05, 3.63) is 0 Å². The summed E-state index contributed by atoms with van der Waals surface area (Å²) >= 11 is 0. The average molecular weight is 285 g/mol. The molecular weight excluding hydrogens is 258 g/mol. The molecule has 0 aromatic heterocycles. The fourth-order valence-electron chi connectivity index (χ4n) is 2.35.